The van der Waals surface area contributed by atoms with E-state index in [1.807, 2.05) is 38.1 Å². The van der Waals surface area contributed by atoms with Crippen LogP contribution in [0.15, 0.2) is 48.9 Å². The molecule has 4 aromatic rings. The van der Waals surface area contributed by atoms with Gasteiger partial charge in [0, 0.05) is 55.3 Å². The predicted octanol–water partition coefficient (Wildman–Crippen LogP) is 6.19. The Morgan fingerprint density at radius 1 is 1.24 bits per heavy atom. The highest BCUT2D eigenvalue weighted by Crippen LogP contribution is 2.33. The van der Waals surface area contributed by atoms with E-state index in [1.54, 1.807) is 24.7 Å². The largest absolute Gasteiger partial charge is 0.486 e. The fraction of sp³-hybridized carbons (Fsp3) is 0.321. The Hall–Kier alpha value is -3.33. The van der Waals surface area contributed by atoms with Crippen molar-refractivity contribution >= 4 is 34.4 Å². The van der Waals surface area contributed by atoms with E-state index in [2.05, 4.69) is 25.5 Å². The maximum Gasteiger partial charge on any atom is 0.151 e. The average Bonchev–Trinajstić information content (AvgIpc) is 3.32. The van der Waals surface area contributed by atoms with Crippen molar-refractivity contribution in [3.8, 4) is 5.75 Å². The summed E-state index contributed by atoms with van der Waals surface area (Å²) in [7, 11) is 0. The molecule has 0 bridgehead atoms. The van der Waals surface area contributed by atoms with Crippen molar-refractivity contribution in [2.75, 3.05) is 13.2 Å². The molecule has 37 heavy (non-hydrogen) atoms. The van der Waals surface area contributed by atoms with E-state index in [1.165, 1.54) is 6.08 Å². The van der Waals surface area contributed by atoms with Gasteiger partial charge in [0.15, 0.2) is 5.83 Å². The third kappa shape index (κ3) is 5.98. The number of ether oxygens (including phenoxy) is 2. The van der Waals surface area contributed by atoms with Gasteiger partial charge in [0.25, 0.3) is 0 Å². The van der Waals surface area contributed by atoms with E-state index >= 15 is 4.39 Å². The number of nitrogens with one attached hydrogen (secondary N) is 2. The molecule has 1 fully saturated rings. The van der Waals surface area contributed by atoms with Gasteiger partial charge >= 0.3 is 0 Å². The number of hydrogen-bond donors (Lipinski definition) is 2. The first-order chi connectivity index (χ1) is 18.0. The molecule has 1 aromatic carbocycles. The van der Waals surface area contributed by atoms with Gasteiger partial charge in [-0.2, -0.15) is 5.10 Å². The summed E-state index contributed by atoms with van der Waals surface area (Å²) in [6, 6.07) is 9.65. The molecule has 192 valence electrons. The summed E-state index contributed by atoms with van der Waals surface area (Å²) < 4.78 is 26.8. The Morgan fingerprint density at radius 2 is 2.08 bits per heavy atom. The summed E-state index contributed by atoms with van der Waals surface area (Å²) >= 11 is 6.35. The topological polar surface area (TPSA) is 85.0 Å². The first kappa shape index (κ1) is 25.3. The molecule has 0 aliphatic carbocycles. The summed E-state index contributed by atoms with van der Waals surface area (Å²) in [5.41, 5.74) is 4.31. The van der Waals surface area contributed by atoms with Crippen LogP contribution in [0.3, 0.4) is 0 Å². The smallest absolute Gasteiger partial charge is 0.151 e. The van der Waals surface area contributed by atoms with Crippen LogP contribution in [-0.4, -0.2) is 39.4 Å². The Kier molecular flexibility index (Phi) is 7.79. The molecule has 2 N–H and O–H groups in total. The Morgan fingerprint density at radius 3 is 2.84 bits per heavy atom. The zero-order valence-corrected chi connectivity index (χ0v) is 21.6. The Balaban J connectivity index is 1.30. The highest BCUT2D eigenvalue weighted by molar-refractivity contribution is 6.31. The quantitative estimate of drug-likeness (QED) is 0.287. The molecule has 1 atom stereocenters. The number of nitrogens with zero attached hydrogens (tertiary/aromatic N) is 3. The maximum atomic E-state index is 15.3. The number of aromatic nitrogens is 4. The SMILES string of the molecule is Cc1cncc(Cl)c1[C@H](C)Oc1ccc2[nH]nc(/C(F)=C/c3ccc(CNC4CCOCC4)nc3)c2c1. The Labute approximate surface area is 220 Å². The summed E-state index contributed by atoms with van der Waals surface area (Å²) in [5, 5.41) is 11.8. The number of fused-ring (bicyclic) bond motifs is 1. The average molecular weight is 522 g/mol. The molecule has 3 aromatic heterocycles. The first-order valence-corrected chi connectivity index (χ1v) is 12.7. The number of H-pyrrole nitrogens is 1. The number of halogens is 2. The van der Waals surface area contributed by atoms with Crippen LogP contribution in [0, 0.1) is 6.92 Å². The summed E-state index contributed by atoms with van der Waals surface area (Å²) in [6.07, 6.45) is 8.17. The van der Waals surface area contributed by atoms with E-state index in [0.717, 1.165) is 42.9 Å². The van der Waals surface area contributed by atoms with Gasteiger partial charge in [-0.25, -0.2) is 4.39 Å². The van der Waals surface area contributed by atoms with Crippen LogP contribution in [0.25, 0.3) is 22.8 Å². The van der Waals surface area contributed by atoms with E-state index in [9.17, 15) is 0 Å². The molecule has 0 unspecified atom stereocenters. The van der Waals surface area contributed by atoms with E-state index < -0.39 is 5.83 Å². The normalized spacial score (nSPS) is 15.7. The monoisotopic (exact) mass is 521 g/mol. The lowest BCUT2D eigenvalue weighted by Gasteiger charge is -2.22. The van der Waals surface area contributed by atoms with Crippen molar-refractivity contribution in [2.24, 2.45) is 0 Å². The molecule has 5 rings (SSSR count). The number of benzene rings is 1. The zero-order valence-electron chi connectivity index (χ0n) is 20.8. The van der Waals surface area contributed by atoms with Gasteiger partial charge in [0.2, 0.25) is 0 Å². The number of hydrogen-bond acceptors (Lipinski definition) is 6. The van der Waals surface area contributed by atoms with Crippen molar-refractivity contribution < 1.29 is 13.9 Å². The minimum atomic E-state index is -0.459. The molecule has 7 nitrogen and oxygen atoms in total. The molecular weight excluding hydrogens is 493 g/mol. The molecule has 1 aliphatic rings. The molecular formula is C28H29ClFN5O2. The standard InChI is InChI=1S/C28H29ClFN5O2/c1-17-13-31-16-24(29)27(17)18(2)37-22-5-6-26-23(12-22)28(35-34-26)25(30)11-19-3-4-21(32-14-19)15-33-20-7-9-36-10-8-20/h3-6,11-14,16,18,20,33H,7-10,15H2,1-2H3,(H,34,35)/b25-11-/t18-/m0/s1. The van der Waals surface area contributed by atoms with Crippen molar-refractivity contribution in [2.45, 2.75) is 45.4 Å². The van der Waals surface area contributed by atoms with Gasteiger partial charge in [-0.3, -0.25) is 15.1 Å². The molecule has 0 saturated carbocycles. The van der Waals surface area contributed by atoms with Crippen LogP contribution in [0.5, 0.6) is 5.75 Å². The number of pyridine rings is 2. The molecule has 1 aliphatic heterocycles. The fourth-order valence-electron chi connectivity index (χ4n) is 4.56. The lowest BCUT2D eigenvalue weighted by molar-refractivity contribution is 0.0775. The third-order valence-corrected chi connectivity index (χ3v) is 6.85. The van der Waals surface area contributed by atoms with Gasteiger partial charge in [-0.05, 0) is 68.2 Å². The third-order valence-electron chi connectivity index (χ3n) is 6.55. The second kappa shape index (κ2) is 11.4. The van der Waals surface area contributed by atoms with E-state index in [-0.39, 0.29) is 11.8 Å². The lowest BCUT2D eigenvalue weighted by Crippen LogP contribution is -2.34. The summed E-state index contributed by atoms with van der Waals surface area (Å²) in [4.78, 5) is 8.59. The van der Waals surface area contributed by atoms with Gasteiger partial charge in [0.05, 0.1) is 16.2 Å². The summed E-state index contributed by atoms with van der Waals surface area (Å²) in [6.45, 7) is 6.12. The summed E-state index contributed by atoms with van der Waals surface area (Å²) in [5.74, 6) is 0.130. The highest BCUT2D eigenvalue weighted by atomic mass is 35.5. The maximum absolute atomic E-state index is 15.3. The second-order valence-corrected chi connectivity index (χ2v) is 9.64. The number of aryl methyl sites for hydroxylation is 1. The molecule has 0 radical (unpaired) electrons. The molecule has 0 spiro atoms. The van der Waals surface area contributed by atoms with E-state index in [0.29, 0.717) is 39.8 Å². The van der Waals surface area contributed by atoms with Gasteiger partial charge in [-0.1, -0.05) is 17.7 Å². The van der Waals surface area contributed by atoms with Crippen LogP contribution in [0.2, 0.25) is 5.02 Å². The number of aromatic amines is 1. The Bertz CT molecular complexity index is 1380. The molecule has 1 saturated heterocycles. The van der Waals surface area contributed by atoms with Gasteiger partial charge < -0.3 is 14.8 Å². The van der Waals surface area contributed by atoms with Crippen molar-refractivity contribution in [3.05, 3.63) is 82.0 Å². The van der Waals surface area contributed by atoms with Gasteiger partial charge in [0.1, 0.15) is 17.5 Å². The first-order valence-electron chi connectivity index (χ1n) is 12.4. The molecule has 0 amide bonds. The highest BCUT2D eigenvalue weighted by Gasteiger charge is 2.17. The van der Waals surface area contributed by atoms with Crippen molar-refractivity contribution in [1.82, 2.24) is 25.5 Å². The minimum Gasteiger partial charge on any atom is -0.486 e. The van der Waals surface area contributed by atoms with Crippen LogP contribution >= 0.6 is 11.6 Å². The zero-order chi connectivity index (χ0) is 25.8. The van der Waals surface area contributed by atoms with Crippen molar-refractivity contribution in [3.63, 3.8) is 0 Å². The molecule has 4 heterocycles. The fourth-order valence-corrected chi connectivity index (χ4v) is 4.92. The van der Waals surface area contributed by atoms with Crippen LogP contribution in [0.4, 0.5) is 4.39 Å². The van der Waals surface area contributed by atoms with Crippen LogP contribution in [-0.2, 0) is 11.3 Å². The number of rotatable bonds is 8. The lowest BCUT2D eigenvalue weighted by atomic mass is 10.1. The van der Waals surface area contributed by atoms with Crippen LogP contribution in [0.1, 0.15) is 53.9 Å². The van der Waals surface area contributed by atoms with Crippen LogP contribution < -0.4 is 10.1 Å². The predicted molar refractivity (Wildman–Crippen MR) is 143 cm³/mol. The minimum absolute atomic E-state index is 0.219. The molecule has 9 heteroatoms. The van der Waals surface area contributed by atoms with E-state index in [4.69, 9.17) is 21.1 Å². The van der Waals surface area contributed by atoms with Gasteiger partial charge in [-0.15, -0.1) is 0 Å². The second-order valence-electron chi connectivity index (χ2n) is 9.23. The van der Waals surface area contributed by atoms with Crippen molar-refractivity contribution in [1.29, 1.82) is 0 Å².